The van der Waals surface area contributed by atoms with Gasteiger partial charge in [0.05, 0.1) is 17.2 Å². The van der Waals surface area contributed by atoms with E-state index in [-0.39, 0.29) is 42.0 Å². The summed E-state index contributed by atoms with van der Waals surface area (Å²) in [5, 5.41) is 3.59. The zero-order valence-electron chi connectivity index (χ0n) is 26.6. The van der Waals surface area contributed by atoms with Gasteiger partial charge in [0.25, 0.3) is 10.0 Å². The van der Waals surface area contributed by atoms with Crippen molar-refractivity contribution in [3.63, 3.8) is 0 Å². The van der Waals surface area contributed by atoms with Crippen LogP contribution in [0.3, 0.4) is 0 Å². The van der Waals surface area contributed by atoms with Gasteiger partial charge < -0.3 is 15.0 Å². The largest absolute Gasteiger partial charge is 0.492 e. The molecule has 248 valence electrons. The van der Waals surface area contributed by atoms with Crippen molar-refractivity contribution in [3.8, 4) is 5.75 Å². The van der Waals surface area contributed by atoms with E-state index in [1.54, 1.807) is 67.6 Å². The highest BCUT2D eigenvalue weighted by atomic mass is 35.5. The van der Waals surface area contributed by atoms with Crippen LogP contribution in [0.2, 0.25) is 10.0 Å². The predicted molar refractivity (Wildman–Crippen MR) is 187 cm³/mol. The van der Waals surface area contributed by atoms with E-state index >= 15 is 0 Å². The number of para-hydroxylation sites is 2. The van der Waals surface area contributed by atoms with Crippen molar-refractivity contribution >= 4 is 50.7 Å². The van der Waals surface area contributed by atoms with Gasteiger partial charge in [-0.05, 0) is 54.8 Å². The molecule has 1 atom stereocenters. The molecule has 4 aromatic rings. The number of benzene rings is 4. The van der Waals surface area contributed by atoms with E-state index in [9.17, 15) is 18.0 Å². The van der Waals surface area contributed by atoms with Crippen LogP contribution in [0, 0.1) is 5.92 Å². The summed E-state index contributed by atoms with van der Waals surface area (Å²) in [4.78, 5) is 30.0. The molecular weight excluding hydrogens is 657 g/mol. The highest BCUT2D eigenvalue weighted by Gasteiger charge is 2.36. The summed E-state index contributed by atoms with van der Waals surface area (Å²) in [6.45, 7) is 5.62. The van der Waals surface area contributed by atoms with Crippen molar-refractivity contribution in [1.29, 1.82) is 0 Å². The average Bonchev–Trinajstić information content (AvgIpc) is 3.06. The molecule has 47 heavy (non-hydrogen) atoms. The van der Waals surface area contributed by atoms with Gasteiger partial charge in [-0.2, -0.15) is 0 Å². The van der Waals surface area contributed by atoms with Crippen molar-refractivity contribution in [2.24, 2.45) is 5.92 Å². The Morgan fingerprint density at radius 3 is 2.04 bits per heavy atom. The van der Waals surface area contributed by atoms with Crippen LogP contribution in [-0.2, 0) is 32.6 Å². The van der Waals surface area contributed by atoms with Crippen molar-refractivity contribution < 1.29 is 22.7 Å². The highest BCUT2D eigenvalue weighted by Crippen LogP contribution is 2.33. The van der Waals surface area contributed by atoms with Crippen LogP contribution >= 0.6 is 23.2 Å². The minimum absolute atomic E-state index is 0.00434. The number of sulfonamides is 1. The molecule has 2 amide bonds. The van der Waals surface area contributed by atoms with Crippen LogP contribution in [0.4, 0.5) is 5.69 Å². The van der Waals surface area contributed by atoms with Crippen LogP contribution < -0.4 is 14.4 Å². The molecule has 0 saturated carbocycles. The molecule has 4 aromatic carbocycles. The van der Waals surface area contributed by atoms with E-state index in [1.807, 2.05) is 44.2 Å². The van der Waals surface area contributed by atoms with E-state index in [4.69, 9.17) is 27.9 Å². The molecule has 0 radical (unpaired) electrons. The van der Waals surface area contributed by atoms with Crippen LogP contribution in [0.1, 0.15) is 31.9 Å². The number of carbonyl (C=O) groups excluding carboxylic acids is 2. The first-order chi connectivity index (χ1) is 22.5. The molecule has 1 N–H and O–H groups in total. The second-order valence-electron chi connectivity index (χ2n) is 11.3. The number of hydrogen-bond acceptors (Lipinski definition) is 5. The van der Waals surface area contributed by atoms with Crippen LogP contribution in [-0.4, -0.2) is 50.9 Å². The lowest BCUT2D eigenvalue weighted by Gasteiger charge is -2.34. The maximum atomic E-state index is 14.7. The predicted octanol–water partition coefficient (Wildman–Crippen LogP) is 7.00. The van der Waals surface area contributed by atoms with Gasteiger partial charge in [-0.1, -0.05) is 104 Å². The lowest BCUT2D eigenvalue weighted by atomic mass is 10.0. The summed E-state index contributed by atoms with van der Waals surface area (Å²) >= 11 is 13.2. The summed E-state index contributed by atoms with van der Waals surface area (Å²) in [6, 6.07) is 27.8. The maximum absolute atomic E-state index is 14.7. The molecular formula is C36H39Cl2N3O5S. The van der Waals surface area contributed by atoms with Gasteiger partial charge in [0.15, 0.2) is 0 Å². The zero-order valence-corrected chi connectivity index (χ0v) is 28.9. The summed E-state index contributed by atoms with van der Waals surface area (Å²) < 4.78 is 35.4. The Morgan fingerprint density at radius 2 is 1.43 bits per heavy atom. The molecule has 0 saturated heterocycles. The van der Waals surface area contributed by atoms with Crippen molar-refractivity contribution in [2.45, 2.75) is 44.7 Å². The first-order valence-electron chi connectivity index (χ1n) is 15.4. The fourth-order valence-electron chi connectivity index (χ4n) is 5.00. The fourth-order valence-corrected chi connectivity index (χ4v) is 6.97. The number of nitrogens with zero attached hydrogens (tertiary/aromatic N) is 2. The Hall–Kier alpha value is -4.05. The number of hydrogen-bond donors (Lipinski definition) is 1. The van der Waals surface area contributed by atoms with Gasteiger partial charge in [0.2, 0.25) is 11.8 Å². The zero-order chi connectivity index (χ0) is 34.0. The van der Waals surface area contributed by atoms with Gasteiger partial charge in [-0.15, -0.1) is 0 Å². The van der Waals surface area contributed by atoms with E-state index in [0.29, 0.717) is 27.9 Å². The number of rotatable bonds is 15. The van der Waals surface area contributed by atoms with Gasteiger partial charge in [-0.25, -0.2) is 8.42 Å². The van der Waals surface area contributed by atoms with E-state index in [2.05, 4.69) is 5.32 Å². The SMILES string of the molecule is CCOc1ccccc1N(CC(=O)N(Cc1c(Cl)cccc1Cl)[C@@H](Cc1ccccc1)C(=O)NCC(C)C)S(=O)(=O)c1ccccc1. The fraction of sp³-hybridized carbons (Fsp3) is 0.278. The molecule has 0 heterocycles. The summed E-state index contributed by atoms with van der Waals surface area (Å²) in [5.74, 6) is -0.572. The van der Waals surface area contributed by atoms with Gasteiger partial charge in [0.1, 0.15) is 18.3 Å². The lowest BCUT2D eigenvalue weighted by molar-refractivity contribution is -0.140. The normalized spacial score (nSPS) is 12.0. The van der Waals surface area contributed by atoms with Crippen LogP contribution in [0.15, 0.2) is 108 Å². The second-order valence-corrected chi connectivity index (χ2v) is 14.0. The first-order valence-corrected chi connectivity index (χ1v) is 17.6. The van der Waals surface area contributed by atoms with Gasteiger partial charge >= 0.3 is 0 Å². The number of halogens is 2. The number of amides is 2. The van der Waals surface area contributed by atoms with Gasteiger partial charge in [-0.3, -0.25) is 13.9 Å². The number of anilines is 1. The second kappa shape index (κ2) is 16.7. The minimum Gasteiger partial charge on any atom is -0.492 e. The Balaban J connectivity index is 1.86. The lowest BCUT2D eigenvalue weighted by Crippen LogP contribution is -2.53. The third-order valence-electron chi connectivity index (χ3n) is 7.39. The molecule has 0 aliphatic heterocycles. The monoisotopic (exact) mass is 695 g/mol. The van der Waals surface area contributed by atoms with E-state index in [1.165, 1.54) is 17.0 Å². The molecule has 4 rings (SSSR count). The number of carbonyl (C=O) groups is 2. The number of nitrogens with one attached hydrogen (secondary N) is 1. The molecule has 0 aliphatic rings. The maximum Gasteiger partial charge on any atom is 0.264 e. The number of ether oxygens (including phenoxy) is 1. The Bertz CT molecular complexity index is 1730. The van der Waals surface area contributed by atoms with Crippen molar-refractivity contribution in [2.75, 3.05) is 24.0 Å². The molecule has 0 spiro atoms. The quantitative estimate of drug-likeness (QED) is 0.145. The van der Waals surface area contributed by atoms with Crippen LogP contribution in [0.5, 0.6) is 5.75 Å². The topological polar surface area (TPSA) is 96.0 Å². The smallest absolute Gasteiger partial charge is 0.264 e. The summed E-state index contributed by atoms with van der Waals surface area (Å²) in [5.41, 5.74) is 1.44. The average molecular weight is 697 g/mol. The van der Waals surface area contributed by atoms with Crippen LogP contribution in [0.25, 0.3) is 0 Å². The van der Waals surface area contributed by atoms with Crippen molar-refractivity contribution in [1.82, 2.24) is 10.2 Å². The van der Waals surface area contributed by atoms with Crippen molar-refractivity contribution in [3.05, 3.63) is 124 Å². The third-order valence-corrected chi connectivity index (χ3v) is 9.87. The molecule has 0 bridgehead atoms. The summed E-state index contributed by atoms with van der Waals surface area (Å²) in [7, 11) is -4.29. The molecule has 0 unspecified atom stereocenters. The molecule has 11 heteroatoms. The molecule has 8 nitrogen and oxygen atoms in total. The molecule has 0 fully saturated rings. The van der Waals surface area contributed by atoms with E-state index < -0.39 is 28.5 Å². The summed E-state index contributed by atoms with van der Waals surface area (Å²) in [6.07, 6.45) is 0.166. The molecule has 0 aliphatic carbocycles. The third kappa shape index (κ3) is 9.28. The highest BCUT2D eigenvalue weighted by molar-refractivity contribution is 7.92. The molecule has 0 aromatic heterocycles. The first kappa shape index (κ1) is 35.8. The minimum atomic E-state index is -4.29. The standard InChI is InChI=1S/C36H39Cl2N3O5S/c1-4-46-34-21-12-11-20-32(34)41(47(44,45)28-16-9-6-10-17-28)25-35(42)40(24-29-30(37)18-13-19-31(29)38)33(36(43)39-23-26(2)3)22-27-14-7-5-8-15-27/h5-21,26,33H,4,22-25H2,1-3H3,(H,39,43)/t33-/m0/s1. The Labute approximate surface area is 287 Å². The Morgan fingerprint density at radius 1 is 0.830 bits per heavy atom. The van der Waals surface area contributed by atoms with Gasteiger partial charge in [0, 0.05) is 35.1 Å². The van der Waals surface area contributed by atoms with E-state index in [0.717, 1.165) is 9.87 Å². The Kier molecular flexibility index (Phi) is 12.7.